The largest absolute Gasteiger partial charge is 0.444 e. The Kier molecular flexibility index (Phi) is 4.69. The summed E-state index contributed by atoms with van der Waals surface area (Å²) >= 11 is 0. The van der Waals surface area contributed by atoms with Gasteiger partial charge in [0.2, 0.25) is 0 Å². The first kappa shape index (κ1) is 21.4. The van der Waals surface area contributed by atoms with Gasteiger partial charge in [0.1, 0.15) is 17.1 Å². The van der Waals surface area contributed by atoms with Crippen LogP contribution < -0.4 is 16.1 Å². The Morgan fingerprint density at radius 2 is 1.73 bits per heavy atom. The summed E-state index contributed by atoms with van der Waals surface area (Å²) in [6.45, 7) is 7.06. The second-order valence-electron chi connectivity index (χ2n) is 9.62. The molecule has 1 N–H and O–H groups in total. The maximum absolute atomic E-state index is 15.2. The molecule has 5 rings (SSSR count). The normalized spacial score (nSPS) is 17.2. The molecule has 1 aliphatic heterocycles. The zero-order valence-corrected chi connectivity index (χ0v) is 18.7. The topological polar surface area (TPSA) is 101 Å². The van der Waals surface area contributed by atoms with Gasteiger partial charge in [-0.05, 0) is 39.7 Å². The lowest BCUT2D eigenvalue weighted by atomic mass is 10.2. The van der Waals surface area contributed by atoms with Crippen molar-refractivity contribution in [1.29, 1.82) is 0 Å². The van der Waals surface area contributed by atoms with Crippen molar-refractivity contribution in [2.75, 3.05) is 31.1 Å². The molecule has 3 heterocycles. The SMILES string of the molecule is CC(C)(C)OC(=O)N1CCN(c2cc3c(cc2F)n2c(=O)n(O)c(=O)cc2n3C2CC2)CC1. The summed E-state index contributed by atoms with van der Waals surface area (Å²) in [5.41, 5.74) is -0.744. The van der Waals surface area contributed by atoms with Gasteiger partial charge >= 0.3 is 11.8 Å². The van der Waals surface area contributed by atoms with Gasteiger partial charge in [-0.1, -0.05) is 4.73 Å². The van der Waals surface area contributed by atoms with Gasteiger partial charge in [0.25, 0.3) is 5.56 Å². The number of amides is 1. The number of anilines is 1. The first-order valence-electron chi connectivity index (χ1n) is 11.0. The number of carbonyl (C=O) groups excluding carboxylic acids is 1. The second kappa shape index (κ2) is 7.26. The third-order valence-electron chi connectivity index (χ3n) is 6.04. The van der Waals surface area contributed by atoms with Crippen LogP contribution in [0.5, 0.6) is 0 Å². The smallest absolute Gasteiger partial charge is 0.410 e. The zero-order chi connectivity index (χ0) is 23.7. The molecule has 2 fully saturated rings. The molecule has 2 aliphatic rings. The first-order valence-corrected chi connectivity index (χ1v) is 11.0. The maximum Gasteiger partial charge on any atom is 0.410 e. The van der Waals surface area contributed by atoms with E-state index in [2.05, 4.69) is 0 Å². The van der Waals surface area contributed by atoms with Crippen molar-refractivity contribution >= 4 is 28.5 Å². The van der Waals surface area contributed by atoms with Crippen LogP contribution >= 0.6 is 0 Å². The minimum atomic E-state index is -0.931. The molecule has 0 radical (unpaired) electrons. The average molecular weight is 459 g/mol. The minimum Gasteiger partial charge on any atom is -0.444 e. The molecule has 0 atom stereocenters. The van der Waals surface area contributed by atoms with E-state index in [-0.39, 0.29) is 10.8 Å². The highest BCUT2D eigenvalue weighted by Gasteiger charge is 2.31. The summed E-state index contributed by atoms with van der Waals surface area (Å²) < 4.78 is 23.7. The van der Waals surface area contributed by atoms with Gasteiger partial charge in [0, 0.05) is 44.4 Å². The minimum absolute atomic E-state index is 0.0331. The third-order valence-corrected chi connectivity index (χ3v) is 6.04. The van der Waals surface area contributed by atoms with Crippen molar-refractivity contribution in [2.24, 2.45) is 0 Å². The van der Waals surface area contributed by atoms with Crippen molar-refractivity contribution in [3.05, 3.63) is 44.9 Å². The molecule has 1 saturated heterocycles. The van der Waals surface area contributed by atoms with Crippen LogP contribution in [0.25, 0.3) is 16.7 Å². The van der Waals surface area contributed by atoms with Crippen molar-refractivity contribution in [1.82, 2.24) is 18.6 Å². The second-order valence-corrected chi connectivity index (χ2v) is 9.62. The van der Waals surface area contributed by atoms with Crippen molar-refractivity contribution in [3.63, 3.8) is 0 Å². The number of piperazine rings is 1. The van der Waals surface area contributed by atoms with Crippen LogP contribution in [0, 0.1) is 5.82 Å². The van der Waals surface area contributed by atoms with Gasteiger partial charge < -0.3 is 24.3 Å². The van der Waals surface area contributed by atoms with Crippen LogP contribution in [-0.2, 0) is 4.74 Å². The standard InChI is InChI=1S/C22H26FN5O5/c1-22(2,3)33-21(31)25-8-6-24(7-9-25)15-11-17-16(10-14(15)23)27-18(26(17)13-4-5-13)12-19(29)28(32)20(27)30/h10-13,32H,4-9H2,1-3H3. The molecular weight excluding hydrogens is 433 g/mol. The Hall–Kier alpha value is -3.50. The molecule has 1 aliphatic carbocycles. The summed E-state index contributed by atoms with van der Waals surface area (Å²) in [6, 6.07) is 4.25. The van der Waals surface area contributed by atoms with E-state index >= 15 is 4.39 Å². The molecule has 1 saturated carbocycles. The van der Waals surface area contributed by atoms with E-state index in [0.717, 1.165) is 12.8 Å². The fourth-order valence-corrected chi connectivity index (χ4v) is 4.38. The zero-order valence-electron chi connectivity index (χ0n) is 18.7. The lowest BCUT2D eigenvalue weighted by molar-refractivity contribution is 0.0240. The number of imidazole rings is 1. The highest BCUT2D eigenvalue weighted by molar-refractivity contribution is 5.85. The quantitative estimate of drug-likeness (QED) is 0.590. The van der Waals surface area contributed by atoms with Crippen LogP contribution in [0.15, 0.2) is 27.8 Å². The summed E-state index contributed by atoms with van der Waals surface area (Å²) in [4.78, 5) is 40.4. The Balaban J connectivity index is 1.53. The van der Waals surface area contributed by atoms with E-state index in [1.807, 2.05) is 30.2 Å². The number of hydrogen-bond donors (Lipinski definition) is 1. The van der Waals surface area contributed by atoms with Gasteiger partial charge in [0.05, 0.1) is 16.7 Å². The van der Waals surface area contributed by atoms with E-state index in [9.17, 15) is 19.6 Å². The molecule has 3 aromatic rings. The molecule has 176 valence electrons. The van der Waals surface area contributed by atoms with Gasteiger partial charge in [-0.15, -0.1) is 0 Å². The van der Waals surface area contributed by atoms with Crippen molar-refractivity contribution in [2.45, 2.75) is 45.3 Å². The predicted molar refractivity (Wildman–Crippen MR) is 119 cm³/mol. The number of rotatable bonds is 2. The predicted octanol–water partition coefficient (Wildman–Crippen LogP) is 2.18. The Morgan fingerprint density at radius 3 is 2.33 bits per heavy atom. The van der Waals surface area contributed by atoms with Gasteiger partial charge in [-0.2, -0.15) is 0 Å². The lowest BCUT2D eigenvalue weighted by Gasteiger charge is -2.36. The highest BCUT2D eigenvalue weighted by Crippen LogP contribution is 2.40. The molecule has 0 spiro atoms. The van der Waals surface area contributed by atoms with Crippen LogP contribution in [0.1, 0.15) is 39.7 Å². The number of ether oxygens (including phenoxy) is 1. The molecule has 0 unspecified atom stereocenters. The number of fused-ring (bicyclic) bond motifs is 3. The van der Waals surface area contributed by atoms with Crippen LogP contribution in [0.3, 0.4) is 0 Å². The Morgan fingerprint density at radius 1 is 1.06 bits per heavy atom. The number of nitrogens with zero attached hydrogens (tertiary/aromatic N) is 5. The molecule has 1 aromatic carbocycles. The Bertz CT molecular complexity index is 1390. The number of benzene rings is 1. The Labute approximate surface area is 187 Å². The fourth-order valence-electron chi connectivity index (χ4n) is 4.38. The molecule has 11 heteroatoms. The third kappa shape index (κ3) is 3.61. The molecule has 2 aromatic heterocycles. The van der Waals surface area contributed by atoms with Crippen LogP contribution in [0.2, 0.25) is 0 Å². The van der Waals surface area contributed by atoms with Gasteiger partial charge in [-0.3, -0.25) is 4.79 Å². The monoisotopic (exact) mass is 459 g/mol. The van der Waals surface area contributed by atoms with Crippen molar-refractivity contribution in [3.8, 4) is 0 Å². The number of halogens is 1. The van der Waals surface area contributed by atoms with Gasteiger partial charge in [0.15, 0.2) is 0 Å². The lowest BCUT2D eigenvalue weighted by Crippen LogP contribution is -2.50. The number of hydrogen-bond acceptors (Lipinski definition) is 6. The fraction of sp³-hybridized carbons (Fsp3) is 0.500. The molecule has 0 bridgehead atoms. The average Bonchev–Trinajstić information content (AvgIpc) is 3.53. The van der Waals surface area contributed by atoms with E-state index in [1.165, 1.54) is 16.5 Å². The molecular formula is C22H26FN5O5. The van der Waals surface area contributed by atoms with Crippen molar-refractivity contribution < 1.29 is 19.1 Å². The van der Waals surface area contributed by atoms with Gasteiger partial charge in [-0.25, -0.2) is 18.4 Å². The van der Waals surface area contributed by atoms with Crippen LogP contribution in [0.4, 0.5) is 14.9 Å². The number of aromatic nitrogens is 3. The van der Waals surface area contributed by atoms with E-state index < -0.39 is 28.8 Å². The molecule has 33 heavy (non-hydrogen) atoms. The summed E-state index contributed by atoms with van der Waals surface area (Å²) in [7, 11) is 0. The highest BCUT2D eigenvalue weighted by atomic mass is 19.1. The molecule has 1 amide bonds. The van der Waals surface area contributed by atoms with E-state index in [0.29, 0.717) is 48.5 Å². The maximum atomic E-state index is 15.2. The summed E-state index contributed by atoms with van der Waals surface area (Å²) in [6.07, 6.45) is 1.38. The summed E-state index contributed by atoms with van der Waals surface area (Å²) in [5, 5.41) is 9.81. The molecule has 10 nitrogen and oxygen atoms in total. The van der Waals surface area contributed by atoms with E-state index in [1.54, 1.807) is 11.0 Å². The summed E-state index contributed by atoms with van der Waals surface area (Å²) in [5.74, 6) is -0.523. The number of carbonyl (C=O) groups is 1. The van der Waals surface area contributed by atoms with Crippen LogP contribution in [-0.4, -0.2) is 61.7 Å². The van der Waals surface area contributed by atoms with E-state index in [4.69, 9.17) is 4.74 Å². The first-order chi connectivity index (χ1) is 15.5.